The van der Waals surface area contributed by atoms with Crippen LogP contribution in [0.25, 0.3) is 0 Å². The molecule has 4 rings (SSSR count). The van der Waals surface area contributed by atoms with Crippen LogP contribution in [0, 0.1) is 23.7 Å². The molecule has 2 unspecified atom stereocenters. The Morgan fingerprint density at radius 1 is 0.895 bits per heavy atom. The number of nitrogens with zero attached hydrogens (tertiary/aromatic N) is 2. The monoisotopic (exact) mass is 266 g/mol. The molecule has 3 aliphatic carbocycles. The van der Waals surface area contributed by atoms with Crippen molar-refractivity contribution in [1.82, 2.24) is 0 Å². The third-order valence-corrected chi connectivity index (χ3v) is 6.41. The molecule has 0 N–H and O–H groups in total. The van der Waals surface area contributed by atoms with E-state index >= 15 is 0 Å². The number of likely N-dealkylation sites (tertiary alicyclic amines) is 1. The lowest BCUT2D eigenvalue weighted by Crippen LogP contribution is -2.45. The lowest BCUT2D eigenvalue weighted by Gasteiger charge is -2.43. The number of hydrogen-bond donors (Lipinski definition) is 0. The Hall–Kier alpha value is -0.0800. The van der Waals surface area contributed by atoms with Crippen LogP contribution in [0.2, 0.25) is 0 Å². The van der Waals surface area contributed by atoms with Gasteiger partial charge in [-0.2, -0.15) is 0 Å². The van der Waals surface area contributed by atoms with Crippen LogP contribution in [0.3, 0.4) is 0 Å². The maximum atomic E-state index is 2.55. The molecular weight excluding hydrogens is 232 g/mol. The van der Waals surface area contributed by atoms with Crippen LogP contribution < -0.4 is 0 Å². The second kappa shape index (κ2) is 4.73. The summed E-state index contributed by atoms with van der Waals surface area (Å²) in [5.74, 6) is 4.41. The molecular formula is C17H34N2+2. The van der Waals surface area contributed by atoms with Crippen LogP contribution >= 0.6 is 0 Å². The Kier molecular flexibility index (Phi) is 3.46. The van der Waals surface area contributed by atoms with Gasteiger partial charge >= 0.3 is 0 Å². The topological polar surface area (TPSA) is 0 Å². The molecule has 2 nitrogen and oxygen atoms in total. The molecule has 1 heterocycles. The minimum absolute atomic E-state index is 1.10. The molecule has 1 saturated heterocycles. The number of quaternary nitrogens is 2. The molecule has 3 saturated carbocycles. The lowest BCUT2D eigenvalue weighted by atomic mass is 9.60. The van der Waals surface area contributed by atoms with Gasteiger partial charge < -0.3 is 8.97 Å². The molecule has 1 aliphatic heterocycles. The van der Waals surface area contributed by atoms with Gasteiger partial charge in [-0.1, -0.05) is 0 Å². The van der Waals surface area contributed by atoms with Gasteiger partial charge in [-0.25, -0.2) is 0 Å². The van der Waals surface area contributed by atoms with E-state index in [1.165, 1.54) is 37.1 Å². The van der Waals surface area contributed by atoms with Gasteiger partial charge in [0.2, 0.25) is 0 Å². The van der Waals surface area contributed by atoms with Gasteiger partial charge in [-0.3, -0.25) is 0 Å². The lowest BCUT2D eigenvalue weighted by molar-refractivity contribution is -0.909. The smallest absolute Gasteiger partial charge is 0.0839 e. The van der Waals surface area contributed by atoms with Gasteiger partial charge in [0.1, 0.15) is 0 Å². The number of rotatable bonds is 4. The van der Waals surface area contributed by atoms with E-state index < -0.39 is 0 Å². The van der Waals surface area contributed by atoms with E-state index in [0.717, 1.165) is 28.2 Å². The largest absolute Gasteiger partial charge is 0.331 e. The Morgan fingerprint density at radius 3 is 1.79 bits per heavy atom. The summed E-state index contributed by atoms with van der Waals surface area (Å²) >= 11 is 0. The Morgan fingerprint density at radius 2 is 1.37 bits per heavy atom. The molecule has 110 valence electrons. The van der Waals surface area contributed by atoms with E-state index in [-0.39, 0.29) is 0 Å². The van der Waals surface area contributed by atoms with E-state index in [0.29, 0.717) is 0 Å². The summed E-state index contributed by atoms with van der Waals surface area (Å²) in [5, 5.41) is 0. The molecule has 2 bridgehead atoms. The highest BCUT2D eigenvalue weighted by atomic mass is 15.4. The zero-order chi connectivity index (χ0) is 13.7. The van der Waals surface area contributed by atoms with Crippen molar-refractivity contribution in [3.05, 3.63) is 0 Å². The summed E-state index contributed by atoms with van der Waals surface area (Å²) in [6.07, 6.45) is 7.64. The molecule has 2 atom stereocenters. The Labute approximate surface area is 120 Å². The molecule has 4 aliphatic rings. The highest BCUT2D eigenvalue weighted by Gasteiger charge is 2.53. The van der Waals surface area contributed by atoms with E-state index in [4.69, 9.17) is 0 Å². The fraction of sp³-hybridized carbons (Fsp3) is 1.00. The predicted molar refractivity (Wildman–Crippen MR) is 80.7 cm³/mol. The van der Waals surface area contributed by atoms with Crippen LogP contribution in [0.5, 0.6) is 0 Å². The van der Waals surface area contributed by atoms with Crippen molar-refractivity contribution < 1.29 is 8.97 Å². The van der Waals surface area contributed by atoms with Gasteiger partial charge in [-0.15, -0.1) is 0 Å². The zero-order valence-corrected chi connectivity index (χ0v) is 13.6. The summed E-state index contributed by atoms with van der Waals surface area (Å²) in [4.78, 5) is 0. The summed E-state index contributed by atoms with van der Waals surface area (Å²) < 4.78 is 2.51. The van der Waals surface area contributed by atoms with Crippen LogP contribution in [-0.2, 0) is 0 Å². The maximum absolute atomic E-state index is 2.55. The minimum Gasteiger partial charge on any atom is -0.331 e. The molecule has 2 heteroatoms. The minimum atomic E-state index is 1.10. The first kappa shape index (κ1) is 13.9. The molecule has 0 aromatic rings. The van der Waals surface area contributed by atoms with Gasteiger partial charge in [-0.05, 0) is 37.5 Å². The first-order chi connectivity index (χ1) is 8.86. The van der Waals surface area contributed by atoms with Crippen LogP contribution in [-0.4, -0.2) is 63.3 Å². The van der Waals surface area contributed by atoms with Crippen molar-refractivity contribution in [2.45, 2.75) is 32.1 Å². The predicted octanol–water partition coefficient (Wildman–Crippen LogP) is 2.60. The van der Waals surface area contributed by atoms with Crippen LogP contribution in [0.4, 0.5) is 0 Å². The average Bonchev–Trinajstić information content (AvgIpc) is 2.68. The van der Waals surface area contributed by atoms with Crippen molar-refractivity contribution in [2.24, 2.45) is 23.7 Å². The standard InChI is InChI=1S/C17H34N2/c1-18(2,3)10-5-11-19(4)12-16-14-6-7-15(9-8-14)17(16)13-19/h14-17H,5-13H2,1-4H3/q+2. The second-order valence-corrected chi connectivity index (χ2v) is 9.08. The molecule has 0 aromatic carbocycles. The van der Waals surface area contributed by atoms with Crippen LogP contribution in [0.15, 0.2) is 0 Å². The molecule has 0 radical (unpaired) electrons. The van der Waals surface area contributed by atoms with Crippen molar-refractivity contribution in [2.75, 3.05) is 54.4 Å². The van der Waals surface area contributed by atoms with Crippen molar-refractivity contribution >= 4 is 0 Å². The number of hydrogen-bond acceptors (Lipinski definition) is 0. The SMILES string of the molecule is C[N+](C)(C)CCC[N+]1(C)CC2C3CCC(CC3)C2C1. The van der Waals surface area contributed by atoms with Gasteiger partial charge in [0, 0.05) is 18.3 Å². The van der Waals surface area contributed by atoms with E-state index in [1.807, 2.05) is 0 Å². The average molecular weight is 266 g/mol. The fourth-order valence-electron chi connectivity index (χ4n) is 5.47. The third-order valence-electron chi connectivity index (χ3n) is 6.41. The molecule has 0 amide bonds. The third kappa shape index (κ3) is 2.85. The van der Waals surface area contributed by atoms with E-state index in [1.54, 1.807) is 25.7 Å². The van der Waals surface area contributed by atoms with Crippen molar-refractivity contribution in [3.63, 3.8) is 0 Å². The quantitative estimate of drug-likeness (QED) is 0.686. The van der Waals surface area contributed by atoms with E-state index in [2.05, 4.69) is 28.2 Å². The summed E-state index contributed by atoms with van der Waals surface area (Å²) in [7, 11) is 9.52. The molecule has 0 spiro atoms. The van der Waals surface area contributed by atoms with Gasteiger partial charge in [0.15, 0.2) is 0 Å². The molecule has 19 heavy (non-hydrogen) atoms. The highest BCUT2D eigenvalue weighted by molar-refractivity contribution is 4.95. The Balaban J connectivity index is 1.58. The first-order valence-electron chi connectivity index (χ1n) is 8.50. The van der Waals surface area contributed by atoms with Crippen molar-refractivity contribution in [3.8, 4) is 0 Å². The Bertz CT molecular complexity index is 303. The first-order valence-corrected chi connectivity index (χ1v) is 8.50. The van der Waals surface area contributed by atoms with Gasteiger partial charge in [0.05, 0.1) is 54.4 Å². The van der Waals surface area contributed by atoms with Crippen molar-refractivity contribution in [1.29, 1.82) is 0 Å². The molecule has 4 fully saturated rings. The maximum Gasteiger partial charge on any atom is 0.0839 e. The van der Waals surface area contributed by atoms with Crippen LogP contribution in [0.1, 0.15) is 32.1 Å². The second-order valence-electron chi connectivity index (χ2n) is 9.08. The summed E-state index contributed by atoms with van der Waals surface area (Å²) in [6, 6.07) is 0. The fourth-order valence-corrected chi connectivity index (χ4v) is 5.47. The van der Waals surface area contributed by atoms with E-state index in [9.17, 15) is 0 Å². The highest BCUT2D eigenvalue weighted by Crippen LogP contribution is 2.53. The zero-order valence-electron chi connectivity index (χ0n) is 13.6. The normalized spacial score (nSPS) is 45.5. The number of fused-ring (bicyclic) bond motifs is 2. The molecule has 0 aromatic heterocycles. The van der Waals surface area contributed by atoms with Gasteiger partial charge in [0.25, 0.3) is 0 Å². The summed E-state index contributed by atoms with van der Waals surface area (Å²) in [6.45, 7) is 5.75. The summed E-state index contributed by atoms with van der Waals surface area (Å²) in [5.41, 5.74) is 0.